The van der Waals surface area contributed by atoms with Crippen molar-refractivity contribution in [2.75, 3.05) is 19.7 Å². The van der Waals surface area contributed by atoms with Crippen LogP contribution >= 0.6 is 0 Å². The predicted octanol–water partition coefficient (Wildman–Crippen LogP) is 2.02. The van der Waals surface area contributed by atoms with Gasteiger partial charge in [-0.15, -0.1) is 0 Å². The quantitative estimate of drug-likeness (QED) is 0.839. The molecule has 7 heteroatoms. The van der Waals surface area contributed by atoms with Crippen LogP contribution in [0, 0.1) is 6.92 Å². The van der Waals surface area contributed by atoms with Crippen molar-refractivity contribution in [3.05, 3.63) is 48.0 Å². The summed E-state index contributed by atoms with van der Waals surface area (Å²) >= 11 is 0. The molecule has 7 nitrogen and oxygen atoms in total. The average molecular weight is 354 g/mol. The van der Waals surface area contributed by atoms with Gasteiger partial charge in [0.25, 0.3) is 5.91 Å². The molecule has 2 aliphatic heterocycles. The molecular formula is C19H22N4O3. The molecule has 1 spiro atoms. The number of likely N-dealkylation sites (tertiary alicyclic amines) is 1. The highest BCUT2D eigenvalue weighted by Gasteiger charge is 2.45. The standard InChI is InChI=1S/C19H22N4O3/c1-14-4-5-15(11-22-14)17(24)23-9-2-6-19(13-23)10-16(12-25-19)26-18-20-7-3-8-21-18/h3-5,7-8,11,16H,2,6,9-10,12-13H2,1H3. The highest BCUT2D eigenvalue weighted by molar-refractivity contribution is 5.94. The van der Waals surface area contributed by atoms with Crippen LogP contribution in [0.15, 0.2) is 36.8 Å². The van der Waals surface area contributed by atoms with Crippen molar-refractivity contribution in [3.63, 3.8) is 0 Å². The van der Waals surface area contributed by atoms with Crippen molar-refractivity contribution in [3.8, 4) is 6.01 Å². The van der Waals surface area contributed by atoms with E-state index in [0.717, 1.165) is 31.5 Å². The topological polar surface area (TPSA) is 77.4 Å². The number of pyridine rings is 1. The average Bonchev–Trinajstić information content (AvgIpc) is 3.04. The molecule has 2 unspecified atom stereocenters. The summed E-state index contributed by atoms with van der Waals surface area (Å²) in [6.07, 6.45) is 7.45. The van der Waals surface area contributed by atoms with Gasteiger partial charge >= 0.3 is 6.01 Å². The first-order valence-electron chi connectivity index (χ1n) is 8.93. The molecule has 2 aliphatic rings. The van der Waals surface area contributed by atoms with Gasteiger partial charge in [0, 0.05) is 37.3 Å². The van der Waals surface area contributed by atoms with E-state index in [2.05, 4.69) is 15.0 Å². The third-order valence-electron chi connectivity index (χ3n) is 4.97. The second-order valence-corrected chi connectivity index (χ2v) is 6.99. The van der Waals surface area contributed by atoms with E-state index in [0.29, 0.717) is 24.7 Å². The van der Waals surface area contributed by atoms with Crippen LogP contribution < -0.4 is 4.74 Å². The van der Waals surface area contributed by atoms with Crippen LogP contribution in [0.1, 0.15) is 35.3 Å². The molecule has 0 bridgehead atoms. The number of rotatable bonds is 3. The number of amides is 1. The lowest BCUT2D eigenvalue weighted by atomic mass is 9.89. The third-order valence-corrected chi connectivity index (χ3v) is 4.97. The monoisotopic (exact) mass is 354 g/mol. The van der Waals surface area contributed by atoms with Gasteiger partial charge in [-0.05, 0) is 38.0 Å². The lowest BCUT2D eigenvalue weighted by Crippen LogP contribution is -2.50. The normalized spacial score (nSPS) is 25.4. The molecule has 0 N–H and O–H groups in total. The predicted molar refractivity (Wildman–Crippen MR) is 93.9 cm³/mol. The van der Waals surface area contributed by atoms with E-state index in [4.69, 9.17) is 9.47 Å². The highest BCUT2D eigenvalue weighted by atomic mass is 16.6. The van der Waals surface area contributed by atoms with Crippen LogP contribution in [0.2, 0.25) is 0 Å². The van der Waals surface area contributed by atoms with Gasteiger partial charge in [0.2, 0.25) is 0 Å². The maximum Gasteiger partial charge on any atom is 0.316 e. The van der Waals surface area contributed by atoms with E-state index in [9.17, 15) is 4.79 Å². The zero-order chi connectivity index (χ0) is 18.0. The number of nitrogens with zero attached hydrogens (tertiary/aromatic N) is 4. The summed E-state index contributed by atoms with van der Waals surface area (Å²) in [4.78, 5) is 27.1. The molecule has 0 aromatic carbocycles. The van der Waals surface area contributed by atoms with Crippen molar-refractivity contribution in [2.24, 2.45) is 0 Å². The number of hydrogen-bond acceptors (Lipinski definition) is 6. The van der Waals surface area contributed by atoms with Crippen LogP contribution in [-0.2, 0) is 4.74 Å². The largest absolute Gasteiger partial charge is 0.458 e. The Bertz CT molecular complexity index is 768. The molecule has 0 saturated carbocycles. The van der Waals surface area contributed by atoms with Gasteiger partial charge < -0.3 is 14.4 Å². The zero-order valence-corrected chi connectivity index (χ0v) is 14.8. The van der Waals surface area contributed by atoms with Crippen LogP contribution in [-0.4, -0.2) is 57.2 Å². The minimum absolute atomic E-state index is 0.0101. The molecule has 1 amide bonds. The summed E-state index contributed by atoms with van der Waals surface area (Å²) in [5.41, 5.74) is 1.18. The lowest BCUT2D eigenvalue weighted by Gasteiger charge is -2.39. The second-order valence-electron chi connectivity index (χ2n) is 6.99. The molecular weight excluding hydrogens is 332 g/mol. The van der Waals surface area contributed by atoms with Crippen LogP contribution in [0.3, 0.4) is 0 Å². The fourth-order valence-corrected chi connectivity index (χ4v) is 3.71. The molecule has 2 saturated heterocycles. The fourth-order valence-electron chi connectivity index (χ4n) is 3.71. The first-order valence-corrected chi connectivity index (χ1v) is 8.93. The number of piperidine rings is 1. The van der Waals surface area contributed by atoms with E-state index in [1.807, 2.05) is 24.0 Å². The van der Waals surface area contributed by atoms with Crippen molar-refractivity contribution in [1.82, 2.24) is 19.9 Å². The molecule has 2 aromatic heterocycles. The Morgan fingerprint density at radius 3 is 2.92 bits per heavy atom. The summed E-state index contributed by atoms with van der Waals surface area (Å²) in [5, 5.41) is 0. The van der Waals surface area contributed by atoms with E-state index in [1.165, 1.54) is 0 Å². The Morgan fingerprint density at radius 2 is 2.15 bits per heavy atom. The molecule has 4 heterocycles. The molecule has 2 aromatic rings. The number of carbonyl (C=O) groups is 1. The van der Waals surface area contributed by atoms with Gasteiger partial charge in [-0.3, -0.25) is 9.78 Å². The summed E-state index contributed by atoms with van der Waals surface area (Å²) < 4.78 is 11.9. The van der Waals surface area contributed by atoms with Gasteiger partial charge in [0.15, 0.2) is 0 Å². The lowest BCUT2D eigenvalue weighted by molar-refractivity contribution is -0.0454. The Labute approximate surface area is 152 Å². The number of carbonyl (C=O) groups excluding carboxylic acids is 1. The van der Waals surface area contributed by atoms with Gasteiger partial charge in [0.05, 0.1) is 24.3 Å². The van der Waals surface area contributed by atoms with Gasteiger partial charge in [-0.25, -0.2) is 9.97 Å². The number of aryl methyl sites for hydroxylation is 1. The number of aromatic nitrogens is 3. The Balaban J connectivity index is 1.41. The van der Waals surface area contributed by atoms with Gasteiger partial charge in [-0.2, -0.15) is 0 Å². The SMILES string of the molecule is Cc1ccc(C(=O)N2CCCC3(CC(Oc4ncccn4)CO3)C2)cn1. The molecule has 2 fully saturated rings. The number of hydrogen-bond donors (Lipinski definition) is 0. The van der Waals surface area contributed by atoms with Crippen LogP contribution in [0.25, 0.3) is 0 Å². The highest BCUT2D eigenvalue weighted by Crippen LogP contribution is 2.36. The minimum Gasteiger partial charge on any atom is -0.458 e. The molecule has 136 valence electrons. The van der Waals surface area contributed by atoms with Gasteiger partial charge in [0.1, 0.15) is 6.10 Å². The Morgan fingerprint density at radius 1 is 1.31 bits per heavy atom. The van der Waals surface area contributed by atoms with Gasteiger partial charge in [-0.1, -0.05) is 0 Å². The van der Waals surface area contributed by atoms with E-state index < -0.39 is 0 Å². The van der Waals surface area contributed by atoms with E-state index in [1.54, 1.807) is 24.7 Å². The van der Waals surface area contributed by atoms with E-state index in [-0.39, 0.29) is 17.6 Å². The summed E-state index contributed by atoms with van der Waals surface area (Å²) in [7, 11) is 0. The Hall–Kier alpha value is -2.54. The molecule has 26 heavy (non-hydrogen) atoms. The van der Waals surface area contributed by atoms with E-state index >= 15 is 0 Å². The maximum atomic E-state index is 12.8. The molecule has 0 aliphatic carbocycles. The molecule has 4 rings (SSSR count). The minimum atomic E-state index is -0.342. The van der Waals surface area contributed by atoms with Crippen molar-refractivity contribution in [2.45, 2.75) is 37.9 Å². The summed E-state index contributed by atoms with van der Waals surface area (Å²) in [6.45, 7) is 3.72. The van der Waals surface area contributed by atoms with Crippen molar-refractivity contribution >= 4 is 5.91 Å². The first-order chi connectivity index (χ1) is 12.6. The van der Waals surface area contributed by atoms with Crippen molar-refractivity contribution in [1.29, 1.82) is 0 Å². The van der Waals surface area contributed by atoms with Crippen molar-refractivity contribution < 1.29 is 14.3 Å². The second kappa shape index (κ2) is 6.99. The summed E-state index contributed by atoms with van der Waals surface area (Å²) in [5.74, 6) is 0.0101. The third kappa shape index (κ3) is 3.53. The summed E-state index contributed by atoms with van der Waals surface area (Å²) in [6, 6.07) is 5.82. The zero-order valence-electron chi connectivity index (χ0n) is 14.8. The Kier molecular flexibility index (Phi) is 4.55. The van der Waals surface area contributed by atoms with Crippen LogP contribution in [0.4, 0.5) is 0 Å². The van der Waals surface area contributed by atoms with Crippen LogP contribution in [0.5, 0.6) is 6.01 Å². The smallest absolute Gasteiger partial charge is 0.316 e. The fraction of sp³-hybridized carbons (Fsp3) is 0.474. The first kappa shape index (κ1) is 16.9. The number of ether oxygens (including phenoxy) is 2. The molecule has 2 atom stereocenters. The maximum absolute atomic E-state index is 12.8. The molecule has 0 radical (unpaired) electrons.